The summed E-state index contributed by atoms with van der Waals surface area (Å²) in [6.45, 7) is 0.259. The SMILES string of the molecule is COc1ccccc1C=NOCc1ccccc1C#N. The highest BCUT2D eigenvalue weighted by Gasteiger charge is 2.01. The van der Waals surface area contributed by atoms with Crippen molar-refractivity contribution in [1.82, 2.24) is 0 Å². The second kappa shape index (κ2) is 6.95. The van der Waals surface area contributed by atoms with E-state index in [-0.39, 0.29) is 6.61 Å². The number of hydrogen-bond donors (Lipinski definition) is 0. The lowest BCUT2D eigenvalue weighted by Crippen LogP contribution is -1.93. The van der Waals surface area contributed by atoms with Crippen molar-refractivity contribution in [3.8, 4) is 11.8 Å². The molecule has 0 aliphatic carbocycles. The van der Waals surface area contributed by atoms with Gasteiger partial charge < -0.3 is 9.57 Å². The number of para-hydroxylation sites is 1. The zero-order valence-corrected chi connectivity index (χ0v) is 11.1. The molecule has 0 saturated heterocycles. The third-order valence-corrected chi connectivity index (χ3v) is 2.76. The second-order valence-corrected chi connectivity index (χ2v) is 4.02. The number of rotatable bonds is 5. The fourth-order valence-corrected chi connectivity index (χ4v) is 1.73. The maximum atomic E-state index is 8.96. The van der Waals surface area contributed by atoms with E-state index in [1.807, 2.05) is 42.5 Å². The van der Waals surface area contributed by atoms with Crippen LogP contribution in [0, 0.1) is 11.3 Å². The number of ether oxygens (including phenoxy) is 1. The molecule has 0 amide bonds. The molecule has 0 radical (unpaired) electrons. The molecule has 0 aliphatic rings. The molecule has 2 aromatic rings. The van der Waals surface area contributed by atoms with Crippen molar-refractivity contribution < 1.29 is 9.57 Å². The molecule has 100 valence electrons. The summed E-state index contributed by atoms with van der Waals surface area (Å²) in [6.07, 6.45) is 1.59. The van der Waals surface area contributed by atoms with E-state index in [4.69, 9.17) is 14.8 Å². The molecule has 0 bridgehead atoms. The molecule has 0 spiro atoms. The molecular formula is C16H14N2O2. The molecule has 4 heteroatoms. The highest BCUT2D eigenvalue weighted by molar-refractivity contribution is 5.82. The average Bonchev–Trinajstić information content (AvgIpc) is 2.52. The Morgan fingerprint density at radius 2 is 1.90 bits per heavy atom. The fourth-order valence-electron chi connectivity index (χ4n) is 1.73. The first kappa shape index (κ1) is 13.6. The Bertz CT molecular complexity index is 645. The minimum atomic E-state index is 0.259. The van der Waals surface area contributed by atoms with Crippen LogP contribution in [0.1, 0.15) is 16.7 Å². The third-order valence-electron chi connectivity index (χ3n) is 2.76. The summed E-state index contributed by atoms with van der Waals surface area (Å²) >= 11 is 0. The number of nitriles is 1. The highest BCUT2D eigenvalue weighted by Crippen LogP contribution is 2.15. The lowest BCUT2D eigenvalue weighted by atomic mass is 10.1. The summed E-state index contributed by atoms with van der Waals surface area (Å²) < 4.78 is 5.21. The molecule has 0 saturated carbocycles. The zero-order valence-electron chi connectivity index (χ0n) is 11.1. The van der Waals surface area contributed by atoms with E-state index in [1.165, 1.54) is 0 Å². The van der Waals surface area contributed by atoms with Crippen LogP contribution in [0.2, 0.25) is 0 Å². The molecule has 0 fully saturated rings. The minimum absolute atomic E-state index is 0.259. The molecule has 0 aliphatic heterocycles. The van der Waals surface area contributed by atoms with E-state index in [2.05, 4.69) is 11.2 Å². The van der Waals surface area contributed by atoms with Gasteiger partial charge in [-0.2, -0.15) is 5.26 Å². The predicted molar refractivity (Wildman–Crippen MR) is 76.5 cm³/mol. The Balaban J connectivity index is 1.99. The molecule has 4 nitrogen and oxygen atoms in total. The first-order valence-corrected chi connectivity index (χ1v) is 6.11. The summed E-state index contributed by atoms with van der Waals surface area (Å²) in [7, 11) is 1.61. The van der Waals surface area contributed by atoms with E-state index in [0.29, 0.717) is 5.56 Å². The van der Waals surface area contributed by atoms with Gasteiger partial charge in [-0.05, 0) is 18.2 Å². The Kier molecular flexibility index (Phi) is 4.74. The second-order valence-electron chi connectivity index (χ2n) is 4.02. The lowest BCUT2D eigenvalue weighted by Gasteiger charge is -2.04. The Labute approximate surface area is 117 Å². The van der Waals surface area contributed by atoms with Crippen LogP contribution in [-0.4, -0.2) is 13.3 Å². The standard InChI is InChI=1S/C16H14N2O2/c1-19-16-9-5-4-7-14(16)11-18-20-12-15-8-3-2-6-13(15)10-17/h2-9,11H,12H2,1H3. The molecule has 2 rings (SSSR count). The van der Waals surface area contributed by atoms with Crippen LogP contribution in [0.3, 0.4) is 0 Å². The van der Waals surface area contributed by atoms with Gasteiger partial charge in [0.2, 0.25) is 0 Å². The Hall–Kier alpha value is -2.80. The van der Waals surface area contributed by atoms with Gasteiger partial charge in [0.1, 0.15) is 12.4 Å². The smallest absolute Gasteiger partial charge is 0.143 e. The number of benzene rings is 2. The number of nitrogens with zero attached hydrogens (tertiary/aromatic N) is 2. The van der Waals surface area contributed by atoms with Crippen molar-refractivity contribution in [3.05, 3.63) is 65.2 Å². The van der Waals surface area contributed by atoms with E-state index in [9.17, 15) is 0 Å². The third kappa shape index (κ3) is 3.36. The molecule has 2 aromatic carbocycles. The van der Waals surface area contributed by atoms with Crippen molar-refractivity contribution in [2.45, 2.75) is 6.61 Å². The first-order chi connectivity index (χ1) is 9.85. The van der Waals surface area contributed by atoms with E-state index in [1.54, 1.807) is 19.4 Å². The van der Waals surface area contributed by atoms with Crippen LogP contribution >= 0.6 is 0 Å². The Morgan fingerprint density at radius 1 is 1.15 bits per heavy atom. The van der Waals surface area contributed by atoms with Gasteiger partial charge in [0.25, 0.3) is 0 Å². The summed E-state index contributed by atoms with van der Waals surface area (Å²) in [5.41, 5.74) is 2.25. The Morgan fingerprint density at radius 3 is 2.70 bits per heavy atom. The number of methoxy groups -OCH3 is 1. The topological polar surface area (TPSA) is 54.6 Å². The van der Waals surface area contributed by atoms with Gasteiger partial charge >= 0.3 is 0 Å². The maximum Gasteiger partial charge on any atom is 0.143 e. The zero-order chi connectivity index (χ0) is 14.2. The van der Waals surface area contributed by atoms with Crippen LogP contribution in [0.25, 0.3) is 0 Å². The summed E-state index contributed by atoms with van der Waals surface area (Å²) in [5, 5.41) is 12.9. The highest BCUT2D eigenvalue weighted by atomic mass is 16.6. The fraction of sp³-hybridized carbons (Fsp3) is 0.125. The van der Waals surface area contributed by atoms with Crippen LogP contribution < -0.4 is 4.74 Å². The lowest BCUT2D eigenvalue weighted by molar-refractivity contribution is 0.132. The van der Waals surface area contributed by atoms with Gasteiger partial charge in [-0.1, -0.05) is 35.5 Å². The normalized spacial score (nSPS) is 10.2. The molecule has 0 unspecified atom stereocenters. The number of oxime groups is 1. The van der Waals surface area contributed by atoms with E-state index in [0.717, 1.165) is 16.9 Å². The van der Waals surface area contributed by atoms with E-state index < -0.39 is 0 Å². The predicted octanol–water partition coefficient (Wildman–Crippen LogP) is 3.12. The molecule has 0 aromatic heterocycles. The average molecular weight is 266 g/mol. The van der Waals surface area contributed by atoms with Crippen molar-refractivity contribution in [2.24, 2.45) is 5.16 Å². The van der Waals surface area contributed by atoms with Crippen molar-refractivity contribution in [1.29, 1.82) is 5.26 Å². The van der Waals surface area contributed by atoms with Gasteiger partial charge in [0.05, 0.1) is 25.0 Å². The molecule has 0 heterocycles. The van der Waals surface area contributed by atoms with Crippen LogP contribution in [0.15, 0.2) is 53.7 Å². The van der Waals surface area contributed by atoms with Crippen LogP contribution in [-0.2, 0) is 11.4 Å². The van der Waals surface area contributed by atoms with Gasteiger partial charge in [-0.25, -0.2) is 0 Å². The summed E-state index contributed by atoms with van der Waals surface area (Å²) in [4.78, 5) is 5.23. The van der Waals surface area contributed by atoms with Gasteiger partial charge in [-0.15, -0.1) is 0 Å². The largest absolute Gasteiger partial charge is 0.496 e. The van der Waals surface area contributed by atoms with Gasteiger partial charge in [0, 0.05) is 11.1 Å². The molecule has 0 atom stereocenters. The molecule has 0 N–H and O–H groups in total. The van der Waals surface area contributed by atoms with Crippen molar-refractivity contribution in [3.63, 3.8) is 0 Å². The van der Waals surface area contributed by atoms with Crippen LogP contribution in [0.4, 0.5) is 0 Å². The van der Waals surface area contributed by atoms with Crippen molar-refractivity contribution >= 4 is 6.21 Å². The quantitative estimate of drug-likeness (QED) is 0.617. The summed E-state index contributed by atoms with van der Waals surface area (Å²) in [5.74, 6) is 0.734. The van der Waals surface area contributed by atoms with Crippen molar-refractivity contribution in [2.75, 3.05) is 7.11 Å². The maximum absolute atomic E-state index is 8.96. The molecular weight excluding hydrogens is 252 g/mol. The first-order valence-electron chi connectivity index (χ1n) is 6.11. The minimum Gasteiger partial charge on any atom is -0.496 e. The van der Waals surface area contributed by atoms with E-state index >= 15 is 0 Å². The van der Waals surface area contributed by atoms with Gasteiger partial charge in [-0.3, -0.25) is 0 Å². The molecule has 20 heavy (non-hydrogen) atoms. The number of hydrogen-bond acceptors (Lipinski definition) is 4. The monoisotopic (exact) mass is 266 g/mol. The van der Waals surface area contributed by atoms with Crippen LogP contribution in [0.5, 0.6) is 5.75 Å². The van der Waals surface area contributed by atoms with Gasteiger partial charge in [0.15, 0.2) is 0 Å². The summed E-state index contributed by atoms with van der Waals surface area (Å²) in [6, 6.07) is 16.9.